The number of fused-ring (bicyclic) bond motifs is 1. The van der Waals surface area contributed by atoms with Crippen molar-refractivity contribution in [2.75, 3.05) is 18.6 Å². The normalized spacial score (nSPS) is 14.8. The van der Waals surface area contributed by atoms with Crippen LogP contribution in [0.25, 0.3) is 6.08 Å². The van der Waals surface area contributed by atoms with Crippen LogP contribution in [0.5, 0.6) is 5.75 Å². The first-order valence-corrected chi connectivity index (χ1v) is 10.2. The van der Waals surface area contributed by atoms with E-state index in [1.165, 1.54) is 0 Å². The number of rotatable bonds is 5. The van der Waals surface area contributed by atoms with E-state index in [-0.39, 0.29) is 0 Å². The molecule has 0 unspecified atom stereocenters. The number of nitrogens with one attached hydrogen (secondary N) is 1. The van der Waals surface area contributed by atoms with Crippen LogP contribution in [0.1, 0.15) is 18.9 Å². The van der Waals surface area contributed by atoms with Gasteiger partial charge in [0.2, 0.25) is 5.96 Å². The zero-order valence-corrected chi connectivity index (χ0v) is 15.4. The SMILES string of the molecule is CCSc1cccc2c1OCCC(C(=O)N=C(N)NOS(C)(=O)=O)=C2. The Kier molecular flexibility index (Phi) is 6.45. The highest BCUT2D eigenvalue weighted by Crippen LogP contribution is 2.35. The van der Waals surface area contributed by atoms with Crippen LogP contribution < -0.4 is 16.0 Å². The van der Waals surface area contributed by atoms with Crippen LogP contribution in [-0.4, -0.2) is 38.9 Å². The number of carbonyl (C=O) groups is 1. The third-order valence-corrected chi connectivity index (χ3v) is 4.36. The van der Waals surface area contributed by atoms with E-state index in [4.69, 9.17) is 10.5 Å². The number of para-hydroxylation sites is 1. The van der Waals surface area contributed by atoms with E-state index in [1.54, 1.807) is 17.8 Å². The number of amides is 1. The van der Waals surface area contributed by atoms with Crippen molar-refractivity contribution in [2.24, 2.45) is 10.7 Å². The fraction of sp³-hybridized carbons (Fsp3) is 0.333. The van der Waals surface area contributed by atoms with Gasteiger partial charge in [-0.15, -0.1) is 16.0 Å². The van der Waals surface area contributed by atoms with Gasteiger partial charge in [-0.2, -0.15) is 13.4 Å². The number of hydrogen-bond donors (Lipinski definition) is 2. The molecule has 136 valence electrons. The zero-order valence-electron chi connectivity index (χ0n) is 13.8. The molecule has 8 nitrogen and oxygen atoms in total. The Labute approximate surface area is 150 Å². The minimum absolute atomic E-state index is 0.328. The quantitative estimate of drug-likeness (QED) is 0.337. The first-order valence-electron chi connectivity index (χ1n) is 7.42. The topological polar surface area (TPSA) is 120 Å². The summed E-state index contributed by atoms with van der Waals surface area (Å²) in [5.41, 5.74) is 8.55. The van der Waals surface area contributed by atoms with Gasteiger partial charge in [0.25, 0.3) is 16.0 Å². The lowest BCUT2D eigenvalue weighted by atomic mass is 10.1. The highest BCUT2D eigenvalue weighted by Gasteiger charge is 2.18. The van der Waals surface area contributed by atoms with Crippen LogP contribution in [0.15, 0.2) is 33.7 Å². The van der Waals surface area contributed by atoms with Gasteiger partial charge >= 0.3 is 0 Å². The molecule has 0 radical (unpaired) electrons. The highest BCUT2D eigenvalue weighted by atomic mass is 32.2. The summed E-state index contributed by atoms with van der Waals surface area (Å²) < 4.78 is 31.8. The van der Waals surface area contributed by atoms with Gasteiger partial charge in [0, 0.05) is 22.5 Å². The fourth-order valence-corrected chi connectivity index (χ4v) is 3.11. The second kappa shape index (κ2) is 8.37. The van der Waals surface area contributed by atoms with Gasteiger partial charge in [-0.3, -0.25) is 4.79 Å². The van der Waals surface area contributed by atoms with E-state index in [9.17, 15) is 13.2 Å². The molecule has 0 fully saturated rings. The predicted molar refractivity (Wildman–Crippen MR) is 96.6 cm³/mol. The average molecular weight is 385 g/mol. The van der Waals surface area contributed by atoms with Gasteiger partial charge in [0.1, 0.15) is 5.75 Å². The molecule has 1 aromatic rings. The summed E-state index contributed by atoms with van der Waals surface area (Å²) in [6.45, 7) is 2.38. The van der Waals surface area contributed by atoms with Crippen molar-refractivity contribution in [2.45, 2.75) is 18.2 Å². The molecule has 10 heteroatoms. The molecule has 1 aliphatic heterocycles. The van der Waals surface area contributed by atoms with Crippen molar-refractivity contribution in [3.63, 3.8) is 0 Å². The van der Waals surface area contributed by atoms with Crippen LogP contribution in [0.3, 0.4) is 0 Å². The van der Waals surface area contributed by atoms with Crippen LogP contribution in [0.4, 0.5) is 0 Å². The molecule has 0 atom stereocenters. The zero-order chi connectivity index (χ0) is 18.4. The number of nitrogens with zero attached hydrogens (tertiary/aromatic N) is 1. The maximum Gasteiger partial charge on any atom is 0.285 e. The lowest BCUT2D eigenvalue weighted by Gasteiger charge is -2.10. The Bertz CT molecular complexity index is 818. The molecule has 25 heavy (non-hydrogen) atoms. The number of nitrogens with two attached hydrogens (primary N) is 1. The number of ether oxygens (including phenoxy) is 1. The Morgan fingerprint density at radius 2 is 2.24 bits per heavy atom. The first kappa shape index (κ1) is 19.3. The number of aliphatic imine (C=N–C) groups is 1. The number of carbonyl (C=O) groups excluding carboxylic acids is 1. The molecule has 0 saturated heterocycles. The van der Waals surface area contributed by atoms with Gasteiger partial charge in [0.05, 0.1) is 12.9 Å². The molecule has 3 N–H and O–H groups in total. The predicted octanol–water partition coefficient (Wildman–Crippen LogP) is 1.29. The van der Waals surface area contributed by atoms with E-state index in [0.29, 0.717) is 18.6 Å². The minimum atomic E-state index is -3.76. The van der Waals surface area contributed by atoms with Gasteiger partial charge in [-0.25, -0.2) is 5.48 Å². The van der Waals surface area contributed by atoms with Crippen molar-refractivity contribution >= 4 is 39.8 Å². The maximum absolute atomic E-state index is 12.3. The van der Waals surface area contributed by atoms with Crippen LogP contribution >= 0.6 is 11.8 Å². The molecule has 1 amide bonds. The molecule has 1 aromatic carbocycles. The summed E-state index contributed by atoms with van der Waals surface area (Å²) in [6, 6.07) is 5.71. The van der Waals surface area contributed by atoms with Crippen molar-refractivity contribution < 1.29 is 22.2 Å². The highest BCUT2D eigenvalue weighted by molar-refractivity contribution is 7.99. The van der Waals surface area contributed by atoms with Crippen molar-refractivity contribution in [3.8, 4) is 5.75 Å². The van der Waals surface area contributed by atoms with Crippen molar-refractivity contribution in [1.29, 1.82) is 0 Å². The molecular formula is C15H19N3O5S2. The minimum Gasteiger partial charge on any atom is -0.491 e. The largest absolute Gasteiger partial charge is 0.491 e. The molecule has 1 aliphatic rings. The maximum atomic E-state index is 12.3. The second-order valence-electron chi connectivity index (χ2n) is 5.07. The second-order valence-corrected chi connectivity index (χ2v) is 7.95. The number of hydroxylamine groups is 1. The Balaban J connectivity index is 2.21. The Morgan fingerprint density at radius 1 is 1.48 bits per heavy atom. The monoisotopic (exact) mass is 385 g/mol. The molecule has 0 aromatic heterocycles. The molecule has 0 spiro atoms. The van der Waals surface area contributed by atoms with Gasteiger partial charge < -0.3 is 10.5 Å². The van der Waals surface area contributed by atoms with Crippen molar-refractivity contribution in [1.82, 2.24) is 5.48 Å². The molecular weight excluding hydrogens is 366 g/mol. The van der Waals surface area contributed by atoms with Gasteiger partial charge in [-0.05, 0) is 17.9 Å². The average Bonchev–Trinajstić information content (AvgIpc) is 2.76. The fourth-order valence-electron chi connectivity index (χ4n) is 2.08. The van der Waals surface area contributed by atoms with Crippen LogP contribution in [-0.2, 0) is 19.2 Å². The molecule has 0 aliphatic carbocycles. The molecule has 0 saturated carbocycles. The summed E-state index contributed by atoms with van der Waals surface area (Å²) >= 11 is 1.66. The van der Waals surface area contributed by atoms with Gasteiger partial charge in [0.15, 0.2) is 0 Å². The lowest BCUT2D eigenvalue weighted by Crippen LogP contribution is -2.34. The summed E-state index contributed by atoms with van der Waals surface area (Å²) in [6.07, 6.45) is 2.90. The van der Waals surface area contributed by atoms with E-state index in [0.717, 1.165) is 28.2 Å². The third kappa shape index (κ3) is 5.76. The number of thioether (sulfide) groups is 1. The van der Waals surface area contributed by atoms with Crippen molar-refractivity contribution in [3.05, 3.63) is 29.3 Å². The summed E-state index contributed by atoms with van der Waals surface area (Å²) in [4.78, 5) is 16.9. The lowest BCUT2D eigenvalue weighted by molar-refractivity contribution is -0.114. The molecule has 1 heterocycles. The van der Waals surface area contributed by atoms with E-state index in [1.807, 2.05) is 23.7 Å². The van der Waals surface area contributed by atoms with Gasteiger partial charge in [-0.1, -0.05) is 19.1 Å². The van der Waals surface area contributed by atoms with E-state index >= 15 is 0 Å². The van der Waals surface area contributed by atoms with Crippen LogP contribution in [0, 0.1) is 0 Å². The number of benzene rings is 1. The standard InChI is InChI=1S/C15H19N3O5S2/c1-3-24-12-6-4-5-10-9-11(7-8-22-13(10)12)14(19)17-15(16)18-23-25(2,20)21/h4-6,9H,3,7-8H2,1-2H3,(H3,16,17,18,19). The van der Waals surface area contributed by atoms with E-state index < -0.39 is 22.0 Å². The number of hydrogen-bond acceptors (Lipinski definition) is 6. The van der Waals surface area contributed by atoms with Crippen LogP contribution in [0.2, 0.25) is 0 Å². The number of guanidine groups is 1. The smallest absolute Gasteiger partial charge is 0.285 e. The molecule has 0 bridgehead atoms. The first-order chi connectivity index (χ1) is 11.8. The Hall–Kier alpha value is -2.04. The third-order valence-electron chi connectivity index (χ3n) is 3.05. The summed E-state index contributed by atoms with van der Waals surface area (Å²) in [5.74, 6) is 0.610. The molecule has 2 rings (SSSR count). The Morgan fingerprint density at radius 3 is 2.92 bits per heavy atom. The summed E-state index contributed by atoms with van der Waals surface area (Å²) in [5, 5.41) is 0. The summed E-state index contributed by atoms with van der Waals surface area (Å²) in [7, 11) is -3.76. The van der Waals surface area contributed by atoms with E-state index in [2.05, 4.69) is 16.2 Å².